The second-order valence-corrected chi connectivity index (χ2v) is 5.93. The zero-order valence-corrected chi connectivity index (χ0v) is 12.9. The Labute approximate surface area is 135 Å². The van der Waals surface area contributed by atoms with Gasteiger partial charge in [0.1, 0.15) is 13.2 Å². The van der Waals surface area contributed by atoms with Crippen molar-refractivity contribution in [2.24, 2.45) is 0 Å². The highest BCUT2D eigenvalue weighted by Gasteiger charge is 2.31. The number of hydrogen-bond donors (Lipinski definition) is 0. The number of rotatable bonds is 2. The van der Waals surface area contributed by atoms with Crippen LogP contribution in [-0.2, 0) is 0 Å². The lowest BCUT2D eigenvalue weighted by Crippen LogP contribution is -2.30. The predicted octanol–water partition coefficient (Wildman–Crippen LogP) is 3.44. The highest BCUT2D eigenvalue weighted by atomic mass is 16.6. The van der Waals surface area contributed by atoms with E-state index in [2.05, 4.69) is 6.07 Å². The van der Waals surface area contributed by atoms with Crippen molar-refractivity contribution in [3.05, 3.63) is 59.7 Å². The lowest BCUT2D eigenvalue weighted by atomic mass is 10.0. The van der Waals surface area contributed by atoms with Gasteiger partial charge in [0, 0.05) is 12.1 Å². The molecule has 1 saturated heterocycles. The minimum Gasteiger partial charge on any atom is -0.486 e. The van der Waals surface area contributed by atoms with Gasteiger partial charge in [-0.3, -0.25) is 4.79 Å². The van der Waals surface area contributed by atoms with Crippen molar-refractivity contribution in [1.82, 2.24) is 4.90 Å². The molecular formula is C19H19NO3. The quantitative estimate of drug-likeness (QED) is 0.853. The average Bonchev–Trinajstić information content (AvgIpc) is 3.11. The first kappa shape index (κ1) is 14.1. The van der Waals surface area contributed by atoms with E-state index in [1.165, 1.54) is 0 Å². The molecule has 4 nitrogen and oxygen atoms in total. The van der Waals surface area contributed by atoms with Crippen molar-refractivity contribution in [3.63, 3.8) is 0 Å². The molecule has 0 aromatic heterocycles. The minimum atomic E-state index is 0.1000. The fraction of sp³-hybridized carbons (Fsp3) is 0.316. The van der Waals surface area contributed by atoms with Crippen molar-refractivity contribution in [2.45, 2.75) is 18.9 Å². The number of ether oxygens (including phenoxy) is 2. The zero-order valence-electron chi connectivity index (χ0n) is 12.9. The van der Waals surface area contributed by atoms with Gasteiger partial charge < -0.3 is 14.4 Å². The second kappa shape index (κ2) is 5.95. The van der Waals surface area contributed by atoms with Crippen molar-refractivity contribution >= 4 is 5.91 Å². The van der Waals surface area contributed by atoms with Gasteiger partial charge in [-0.05, 0) is 42.7 Å². The highest BCUT2D eigenvalue weighted by Crippen LogP contribution is 2.38. The van der Waals surface area contributed by atoms with Crippen LogP contribution in [0.5, 0.6) is 11.5 Å². The van der Waals surface area contributed by atoms with Crippen molar-refractivity contribution in [3.8, 4) is 11.5 Å². The molecule has 1 fully saturated rings. The summed E-state index contributed by atoms with van der Waals surface area (Å²) < 4.78 is 11.3. The molecule has 2 aliphatic heterocycles. The Bertz CT molecular complexity index is 714. The van der Waals surface area contributed by atoms with Crippen LogP contribution in [0.15, 0.2) is 48.5 Å². The zero-order chi connectivity index (χ0) is 15.6. The number of fused-ring (bicyclic) bond motifs is 1. The second-order valence-electron chi connectivity index (χ2n) is 5.93. The Balaban J connectivity index is 1.62. The van der Waals surface area contributed by atoms with E-state index in [9.17, 15) is 4.79 Å². The van der Waals surface area contributed by atoms with Crippen molar-refractivity contribution < 1.29 is 14.3 Å². The molecule has 2 aliphatic rings. The summed E-state index contributed by atoms with van der Waals surface area (Å²) in [7, 11) is 0. The number of amides is 1. The number of likely N-dealkylation sites (tertiary alicyclic amines) is 1. The third-order valence-corrected chi connectivity index (χ3v) is 4.49. The number of carbonyl (C=O) groups is 1. The van der Waals surface area contributed by atoms with Crippen LogP contribution in [0, 0.1) is 0 Å². The maximum Gasteiger partial charge on any atom is 0.254 e. The monoisotopic (exact) mass is 309 g/mol. The van der Waals surface area contributed by atoms with Crippen LogP contribution in [-0.4, -0.2) is 30.6 Å². The summed E-state index contributed by atoms with van der Waals surface area (Å²) in [4.78, 5) is 14.8. The van der Waals surface area contributed by atoms with Crippen LogP contribution in [0.2, 0.25) is 0 Å². The number of carbonyl (C=O) groups excluding carboxylic acids is 1. The van der Waals surface area contributed by atoms with E-state index >= 15 is 0 Å². The topological polar surface area (TPSA) is 38.8 Å². The maximum atomic E-state index is 12.8. The predicted molar refractivity (Wildman–Crippen MR) is 86.9 cm³/mol. The van der Waals surface area contributed by atoms with E-state index in [1.54, 1.807) is 0 Å². The van der Waals surface area contributed by atoms with E-state index in [-0.39, 0.29) is 11.9 Å². The lowest BCUT2D eigenvalue weighted by Gasteiger charge is -2.27. The maximum absolute atomic E-state index is 12.8. The Morgan fingerprint density at radius 1 is 1.00 bits per heavy atom. The number of nitrogens with zero attached hydrogens (tertiary/aromatic N) is 1. The standard InChI is InChI=1S/C19H19NO3/c21-19(14-5-2-1-3-6-14)20-10-4-7-16(20)15-8-9-17-18(13-15)23-12-11-22-17/h1-3,5-6,8-9,13,16H,4,7,10-12H2. The van der Waals surface area contributed by atoms with Crippen LogP contribution < -0.4 is 9.47 Å². The van der Waals surface area contributed by atoms with Gasteiger partial charge in [-0.15, -0.1) is 0 Å². The summed E-state index contributed by atoms with van der Waals surface area (Å²) in [6, 6.07) is 15.6. The normalized spacial score (nSPS) is 19.7. The van der Waals surface area contributed by atoms with E-state index < -0.39 is 0 Å². The molecule has 0 N–H and O–H groups in total. The third kappa shape index (κ3) is 2.65. The van der Waals surface area contributed by atoms with Gasteiger partial charge in [-0.1, -0.05) is 24.3 Å². The molecule has 2 aromatic rings. The summed E-state index contributed by atoms with van der Waals surface area (Å²) in [6.45, 7) is 1.97. The molecule has 4 rings (SSSR count). The SMILES string of the molecule is O=C(c1ccccc1)N1CCCC1c1ccc2c(c1)OCCO2. The van der Waals surface area contributed by atoms with Crippen molar-refractivity contribution in [2.75, 3.05) is 19.8 Å². The van der Waals surface area contributed by atoms with Crippen LogP contribution in [0.4, 0.5) is 0 Å². The van der Waals surface area contributed by atoms with Crippen LogP contribution >= 0.6 is 0 Å². The molecular weight excluding hydrogens is 290 g/mol. The molecule has 0 bridgehead atoms. The smallest absolute Gasteiger partial charge is 0.254 e. The molecule has 2 aromatic carbocycles. The molecule has 2 heterocycles. The fourth-order valence-corrected chi connectivity index (χ4v) is 3.37. The lowest BCUT2D eigenvalue weighted by molar-refractivity contribution is 0.0735. The number of hydrogen-bond acceptors (Lipinski definition) is 3. The summed E-state index contributed by atoms with van der Waals surface area (Å²) in [6.07, 6.45) is 2.01. The van der Waals surface area contributed by atoms with Gasteiger partial charge >= 0.3 is 0 Å². The Morgan fingerprint density at radius 3 is 2.61 bits per heavy atom. The first-order valence-electron chi connectivity index (χ1n) is 8.08. The van der Waals surface area contributed by atoms with Gasteiger partial charge in [0.2, 0.25) is 0 Å². The van der Waals surface area contributed by atoms with Crippen LogP contribution in [0.3, 0.4) is 0 Å². The summed E-state index contributed by atoms with van der Waals surface area (Å²) >= 11 is 0. The van der Waals surface area contributed by atoms with Gasteiger partial charge in [-0.25, -0.2) is 0 Å². The molecule has 1 unspecified atom stereocenters. The van der Waals surface area contributed by atoms with Gasteiger partial charge in [0.25, 0.3) is 5.91 Å². The van der Waals surface area contributed by atoms with E-state index in [4.69, 9.17) is 9.47 Å². The van der Waals surface area contributed by atoms with Gasteiger partial charge in [0.05, 0.1) is 6.04 Å². The van der Waals surface area contributed by atoms with E-state index in [1.807, 2.05) is 47.4 Å². The fourth-order valence-electron chi connectivity index (χ4n) is 3.37. The summed E-state index contributed by atoms with van der Waals surface area (Å²) in [5, 5.41) is 0. The first-order chi connectivity index (χ1) is 11.3. The molecule has 0 saturated carbocycles. The molecule has 0 radical (unpaired) electrons. The largest absolute Gasteiger partial charge is 0.486 e. The third-order valence-electron chi connectivity index (χ3n) is 4.49. The van der Waals surface area contributed by atoms with Crippen molar-refractivity contribution in [1.29, 1.82) is 0 Å². The van der Waals surface area contributed by atoms with E-state index in [0.29, 0.717) is 13.2 Å². The Hall–Kier alpha value is -2.49. The summed E-state index contributed by atoms with van der Waals surface area (Å²) in [5.41, 5.74) is 1.87. The molecule has 0 aliphatic carbocycles. The molecule has 23 heavy (non-hydrogen) atoms. The molecule has 4 heteroatoms. The Morgan fingerprint density at radius 2 is 1.78 bits per heavy atom. The number of benzene rings is 2. The van der Waals surface area contributed by atoms with Crippen LogP contribution in [0.1, 0.15) is 34.8 Å². The molecule has 1 amide bonds. The molecule has 118 valence electrons. The van der Waals surface area contributed by atoms with Gasteiger partial charge in [0.15, 0.2) is 11.5 Å². The van der Waals surface area contributed by atoms with E-state index in [0.717, 1.165) is 42.0 Å². The highest BCUT2D eigenvalue weighted by molar-refractivity contribution is 5.94. The van der Waals surface area contributed by atoms with Crippen LogP contribution in [0.25, 0.3) is 0 Å². The first-order valence-corrected chi connectivity index (χ1v) is 8.08. The average molecular weight is 309 g/mol. The molecule has 0 spiro atoms. The Kier molecular flexibility index (Phi) is 3.66. The molecule has 1 atom stereocenters. The minimum absolute atomic E-state index is 0.1000. The van der Waals surface area contributed by atoms with Gasteiger partial charge in [-0.2, -0.15) is 0 Å². The summed E-state index contributed by atoms with van der Waals surface area (Å²) in [5.74, 6) is 1.68.